The molecule has 3 N–H and O–H groups in total. The van der Waals surface area contributed by atoms with Crippen LogP contribution in [0.25, 0.3) is 0 Å². The fraction of sp³-hybridized carbons (Fsp3) is 0.520. The van der Waals surface area contributed by atoms with E-state index >= 15 is 0 Å². The highest BCUT2D eigenvalue weighted by Crippen LogP contribution is 2.18. The molecule has 0 spiro atoms. The molecule has 2 aromatic rings. The molecule has 0 heterocycles. The lowest BCUT2D eigenvalue weighted by Gasteiger charge is -2.08. The molecule has 0 aromatic heterocycles. The van der Waals surface area contributed by atoms with Crippen molar-refractivity contribution in [2.45, 2.75) is 58.0 Å². The number of aryl methyl sites for hydroxylation is 1. The minimum absolute atomic E-state index is 0.121. The van der Waals surface area contributed by atoms with Crippen molar-refractivity contribution in [1.29, 1.82) is 0 Å². The van der Waals surface area contributed by atoms with Crippen LogP contribution in [0.2, 0.25) is 0 Å². The van der Waals surface area contributed by atoms with Crippen molar-refractivity contribution in [3.63, 3.8) is 0 Å². The first-order valence-corrected chi connectivity index (χ1v) is 11.0. The molecule has 2 rings (SSSR count). The zero-order chi connectivity index (χ0) is 20.6. The van der Waals surface area contributed by atoms with Crippen LogP contribution in [0.1, 0.15) is 55.2 Å². The van der Waals surface area contributed by atoms with E-state index in [4.69, 9.17) is 4.74 Å². The van der Waals surface area contributed by atoms with E-state index in [2.05, 4.69) is 35.6 Å². The van der Waals surface area contributed by atoms with Crippen LogP contribution in [0.4, 0.5) is 0 Å². The van der Waals surface area contributed by atoms with Gasteiger partial charge in [0, 0.05) is 18.8 Å². The zero-order valence-electron chi connectivity index (χ0n) is 17.6. The number of benzene rings is 2. The van der Waals surface area contributed by atoms with Gasteiger partial charge in [-0.05, 0) is 74.9 Å². The van der Waals surface area contributed by atoms with E-state index in [1.807, 2.05) is 12.1 Å². The highest BCUT2D eigenvalue weighted by molar-refractivity contribution is 5.35. The van der Waals surface area contributed by atoms with Crippen molar-refractivity contribution in [3.8, 4) is 5.75 Å². The summed E-state index contributed by atoms with van der Waals surface area (Å²) in [6.45, 7) is 3.59. The van der Waals surface area contributed by atoms with Gasteiger partial charge in [0.2, 0.25) is 0 Å². The number of aliphatic hydroxyl groups is 1. The van der Waals surface area contributed by atoms with Crippen LogP contribution in [0.15, 0.2) is 48.5 Å². The average Bonchev–Trinajstić information content (AvgIpc) is 2.75. The number of aliphatic hydroxyl groups excluding tert-OH is 1. The third-order valence-electron chi connectivity index (χ3n) is 5.14. The predicted octanol–water partition coefficient (Wildman–Crippen LogP) is 4.62. The number of nitrogens with one attached hydrogen (secondary N) is 1. The van der Waals surface area contributed by atoms with E-state index in [1.165, 1.54) is 31.2 Å². The first kappa shape index (κ1) is 23.4. The number of ether oxygens (including phenoxy) is 1. The van der Waals surface area contributed by atoms with E-state index in [0.717, 1.165) is 57.6 Å². The van der Waals surface area contributed by atoms with Crippen LogP contribution in [0, 0.1) is 0 Å². The van der Waals surface area contributed by atoms with Gasteiger partial charge in [-0.2, -0.15) is 0 Å². The van der Waals surface area contributed by atoms with Crippen LogP contribution >= 0.6 is 0 Å². The highest BCUT2D eigenvalue weighted by Gasteiger charge is 2.01. The second-order valence-corrected chi connectivity index (χ2v) is 7.59. The minimum atomic E-state index is -0.121. The zero-order valence-corrected chi connectivity index (χ0v) is 17.6. The van der Waals surface area contributed by atoms with Gasteiger partial charge in [-0.1, -0.05) is 49.2 Å². The van der Waals surface area contributed by atoms with Crippen molar-refractivity contribution >= 4 is 0 Å². The van der Waals surface area contributed by atoms with Gasteiger partial charge >= 0.3 is 0 Å². The monoisotopic (exact) mass is 399 g/mol. The second-order valence-electron chi connectivity index (χ2n) is 7.59. The summed E-state index contributed by atoms with van der Waals surface area (Å²) >= 11 is 0. The van der Waals surface area contributed by atoms with Crippen LogP contribution in [0.3, 0.4) is 0 Å². The third-order valence-corrected chi connectivity index (χ3v) is 5.14. The molecule has 0 aliphatic carbocycles. The predicted molar refractivity (Wildman–Crippen MR) is 119 cm³/mol. The number of aromatic hydroxyl groups is 1. The summed E-state index contributed by atoms with van der Waals surface area (Å²) in [7, 11) is 0. The summed E-state index contributed by atoms with van der Waals surface area (Å²) in [4.78, 5) is 0. The Bertz CT molecular complexity index is 660. The Morgan fingerprint density at radius 3 is 2.28 bits per heavy atom. The minimum Gasteiger partial charge on any atom is -0.508 e. The molecule has 0 bridgehead atoms. The molecule has 160 valence electrons. The molecule has 0 aliphatic heterocycles. The molecule has 0 radical (unpaired) electrons. The molecule has 0 atom stereocenters. The molecule has 0 unspecified atom stereocenters. The maximum absolute atomic E-state index is 9.58. The lowest BCUT2D eigenvalue weighted by Crippen LogP contribution is -2.18. The summed E-state index contributed by atoms with van der Waals surface area (Å²) in [5, 5.41) is 22.2. The number of rotatable bonds is 16. The summed E-state index contributed by atoms with van der Waals surface area (Å²) < 4.78 is 5.74. The SMILES string of the molecule is OCc1cc(CCNCCCCCCOCCCCc2ccccc2)ccc1O. The standard InChI is InChI=1S/C25H37NO3/c27-21-24-20-23(13-14-25(24)28)15-17-26-16-7-1-2-8-18-29-19-9-6-12-22-10-4-3-5-11-22/h3-5,10-11,13-14,20,26-28H,1-2,6-9,12,15-19,21H2. The normalized spacial score (nSPS) is 11.1. The second kappa shape index (κ2) is 15.0. The molecule has 29 heavy (non-hydrogen) atoms. The van der Waals surface area contributed by atoms with Gasteiger partial charge in [0.05, 0.1) is 6.61 Å². The summed E-state index contributed by atoms with van der Waals surface area (Å²) in [5.41, 5.74) is 3.15. The van der Waals surface area contributed by atoms with Crippen molar-refractivity contribution in [2.75, 3.05) is 26.3 Å². The Labute approximate surface area is 175 Å². The molecule has 4 heteroatoms. The van der Waals surface area contributed by atoms with Gasteiger partial charge in [0.25, 0.3) is 0 Å². The van der Waals surface area contributed by atoms with Crippen molar-refractivity contribution in [2.24, 2.45) is 0 Å². The molecule has 0 fully saturated rings. The average molecular weight is 400 g/mol. The summed E-state index contributed by atoms with van der Waals surface area (Å²) in [6.07, 6.45) is 9.19. The fourth-order valence-electron chi connectivity index (χ4n) is 3.37. The third kappa shape index (κ3) is 10.5. The maximum atomic E-state index is 9.58. The molecule has 2 aromatic carbocycles. The van der Waals surface area contributed by atoms with Gasteiger partial charge in [-0.3, -0.25) is 0 Å². The largest absolute Gasteiger partial charge is 0.508 e. The molecule has 4 nitrogen and oxygen atoms in total. The van der Waals surface area contributed by atoms with Crippen molar-refractivity contribution in [3.05, 3.63) is 65.2 Å². The number of hydrogen-bond donors (Lipinski definition) is 3. The van der Waals surface area contributed by atoms with Gasteiger partial charge in [-0.25, -0.2) is 0 Å². The van der Waals surface area contributed by atoms with Crippen molar-refractivity contribution < 1.29 is 14.9 Å². The number of hydrogen-bond acceptors (Lipinski definition) is 4. The van der Waals surface area contributed by atoms with Gasteiger partial charge in [0.1, 0.15) is 5.75 Å². The van der Waals surface area contributed by atoms with E-state index in [9.17, 15) is 10.2 Å². The van der Waals surface area contributed by atoms with Crippen LogP contribution < -0.4 is 5.32 Å². The first-order chi connectivity index (χ1) is 14.3. The first-order valence-electron chi connectivity index (χ1n) is 11.0. The summed E-state index contributed by atoms with van der Waals surface area (Å²) in [6, 6.07) is 16.1. The molecule has 0 saturated carbocycles. The van der Waals surface area contributed by atoms with E-state index < -0.39 is 0 Å². The Morgan fingerprint density at radius 2 is 1.48 bits per heavy atom. The summed E-state index contributed by atoms with van der Waals surface area (Å²) in [5.74, 6) is 0.167. The molecule has 0 amide bonds. The Morgan fingerprint density at radius 1 is 0.724 bits per heavy atom. The van der Waals surface area contributed by atoms with Gasteiger partial charge in [-0.15, -0.1) is 0 Å². The topological polar surface area (TPSA) is 61.7 Å². The molecular weight excluding hydrogens is 362 g/mol. The Balaban J connectivity index is 1.34. The Kier molecular flexibility index (Phi) is 12.1. The lowest BCUT2D eigenvalue weighted by molar-refractivity contribution is 0.126. The fourth-order valence-corrected chi connectivity index (χ4v) is 3.37. The quantitative estimate of drug-likeness (QED) is 0.361. The maximum Gasteiger partial charge on any atom is 0.121 e. The van der Waals surface area contributed by atoms with Gasteiger partial charge < -0.3 is 20.3 Å². The van der Waals surface area contributed by atoms with E-state index in [1.54, 1.807) is 6.07 Å². The van der Waals surface area contributed by atoms with Gasteiger partial charge in [0.15, 0.2) is 0 Å². The Hall–Kier alpha value is -1.88. The highest BCUT2D eigenvalue weighted by atomic mass is 16.5. The number of unbranched alkanes of at least 4 members (excludes halogenated alkanes) is 4. The number of phenols is 1. The lowest BCUT2D eigenvalue weighted by atomic mass is 10.1. The van der Waals surface area contributed by atoms with Crippen LogP contribution in [0.5, 0.6) is 5.75 Å². The molecular formula is C25H37NO3. The van der Waals surface area contributed by atoms with Crippen LogP contribution in [-0.2, 0) is 24.2 Å². The smallest absolute Gasteiger partial charge is 0.121 e. The molecule has 0 aliphatic rings. The van der Waals surface area contributed by atoms with Crippen LogP contribution in [-0.4, -0.2) is 36.5 Å². The molecule has 0 saturated heterocycles. The van der Waals surface area contributed by atoms with E-state index in [-0.39, 0.29) is 12.4 Å². The van der Waals surface area contributed by atoms with E-state index in [0.29, 0.717) is 5.56 Å². The van der Waals surface area contributed by atoms with Crippen molar-refractivity contribution in [1.82, 2.24) is 5.32 Å².